The predicted molar refractivity (Wildman–Crippen MR) is 86.1 cm³/mol. The Morgan fingerprint density at radius 2 is 1.75 bits per heavy atom. The molecule has 0 fully saturated rings. The minimum Gasteiger partial charge on any atom is -0.379 e. The molecule has 3 rings (SSSR count). The van der Waals surface area contributed by atoms with E-state index >= 15 is 0 Å². The highest BCUT2D eigenvalue weighted by Gasteiger charge is 2.04. The van der Waals surface area contributed by atoms with Crippen LogP contribution in [0.1, 0.15) is 10.7 Å². The molecule has 0 spiro atoms. The number of nitrogens with zero attached hydrogens (tertiary/aromatic N) is 1. The Morgan fingerprint density at radius 1 is 1.00 bits per heavy atom. The predicted octanol–water partition coefficient (Wildman–Crippen LogP) is 4.73. The summed E-state index contributed by atoms with van der Waals surface area (Å²) in [6.07, 6.45) is 0. The molecule has 1 N–H and O–H groups in total. The summed E-state index contributed by atoms with van der Waals surface area (Å²) in [5.74, 6) is 0. The molecule has 0 atom stereocenters. The molecule has 0 aliphatic carbocycles. The Morgan fingerprint density at radius 3 is 2.50 bits per heavy atom. The quantitative estimate of drug-likeness (QED) is 0.747. The van der Waals surface area contributed by atoms with Gasteiger partial charge in [-0.25, -0.2) is 4.98 Å². The van der Waals surface area contributed by atoms with Gasteiger partial charge in [-0.15, -0.1) is 11.3 Å². The zero-order valence-electron chi connectivity index (χ0n) is 11.3. The molecule has 0 saturated carbocycles. The maximum absolute atomic E-state index is 4.48. The molecule has 3 heteroatoms. The van der Waals surface area contributed by atoms with E-state index in [-0.39, 0.29) is 0 Å². The number of hydrogen-bond acceptors (Lipinski definition) is 3. The summed E-state index contributed by atoms with van der Waals surface area (Å²) in [7, 11) is 0. The smallest absolute Gasteiger partial charge is 0.0898 e. The number of aromatic nitrogens is 1. The molecular weight excluding hydrogens is 264 g/mol. The average Bonchev–Trinajstić information content (AvgIpc) is 2.92. The van der Waals surface area contributed by atoms with Crippen molar-refractivity contribution in [1.82, 2.24) is 4.98 Å². The minimum absolute atomic E-state index is 0.758. The van der Waals surface area contributed by atoms with Crippen molar-refractivity contribution < 1.29 is 0 Å². The van der Waals surface area contributed by atoms with Gasteiger partial charge in [-0.05, 0) is 18.6 Å². The van der Waals surface area contributed by atoms with Crippen LogP contribution in [0.15, 0.2) is 60.0 Å². The molecule has 0 amide bonds. The normalized spacial score (nSPS) is 10.4. The van der Waals surface area contributed by atoms with E-state index in [1.54, 1.807) is 11.3 Å². The van der Waals surface area contributed by atoms with Crippen LogP contribution in [0.5, 0.6) is 0 Å². The van der Waals surface area contributed by atoms with E-state index in [9.17, 15) is 0 Å². The van der Waals surface area contributed by atoms with Gasteiger partial charge in [0.25, 0.3) is 0 Å². The molecule has 0 saturated heterocycles. The molecular formula is C17H16N2S. The monoisotopic (exact) mass is 280 g/mol. The van der Waals surface area contributed by atoms with Crippen LogP contribution in [0, 0.1) is 6.92 Å². The van der Waals surface area contributed by atoms with Crippen LogP contribution < -0.4 is 5.32 Å². The van der Waals surface area contributed by atoms with Crippen molar-refractivity contribution >= 4 is 17.0 Å². The van der Waals surface area contributed by atoms with Crippen molar-refractivity contribution in [3.05, 3.63) is 70.7 Å². The zero-order valence-corrected chi connectivity index (χ0v) is 12.2. The lowest BCUT2D eigenvalue weighted by atomic mass is 10.0. The Bertz CT molecular complexity index is 689. The summed E-state index contributed by atoms with van der Waals surface area (Å²) in [5, 5.41) is 6.70. The van der Waals surface area contributed by atoms with Gasteiger partial charge in [0, 0.05) is 16.6 Å². The van der Waals surface area contributed by atoms with Crippen molar-refractivity contribution in [2.45, 2.75) is 13.5 Å². The third-order valence-electron chi connectivity index (χ3n) is 3.14. The van der Waals surface area contributed by atoms with Gasteiger partial charge in [-0.2, -0.15) is 0 Å². The van der Waals surface area contributed by atoms with E-state index in [2.05, 4.69) is 64.2 Å². The van der Waals surface area contributed by atoms with Crippen molar-refractivity contribution in [2.24, 2.45) is 0 Å². The van der Waals surface area contributed by atoms with Gasteiger partial charge in [0.1, 0.15) is 0 Å². The molecule has 1 aromatic heterocycles. The highest BCUT2D eigenvalue weighted by atomic mass is 32.1. The molecule has 0 bridgehead atoms. The largest absolute Gasteiger partial charge is 0.379 e. The minimum atomic E-state index is 0.758. The number of rotatable bonds is 4. The van der Waals surface area contributed by atoms with Gasteiger partial charge in [0.2, 0.25) is 0 Å². The van der Waals surface area contributed by atoms with Crippen LogP contribution >= 0.6 is 11.3 Å². The molecule has 0 aliphatic heterocycles. The molecule has 1 heterocycles. The zero-order chi connectivity index (χ0) is 13.8. The number of hydrogen-bond donors (Lipinski definition) is 1. The lowest BCUT2D eigenvalue weighted by molar-refractivity contribution is 1.06. The average molecular weight is 280 g/mol. The van der Waals surface area contributed by atoms with Crippen LogP contribution in [-0.4, -0.2) is 4.98 Å². The van der Waals surface area contributed by atoms with E-state index in [4.69, 9.17) is 0 Å². The molecule has 100 valence electrons. The van der Waals surface area contributed by atoms with Crippen LogP contribution in [0.2, 0.25) is 0 Å². The molecule has 3 aromatic rings. The van der Waals surface area contributed by atoms with Gasteiger partial charge in [0.05, 0.1) is 17.2 Å². The second-order valence-corrected chi connectivity index (χ2v) is 5.69. The van der Waals surface area contributed by atoms with Gasteiger partial charge >= 0.3 is 0 Å². The third kappa shape index (κ3) is 2.89. The van der Waals surface area contributed by atoms with Gasteiger partial charge in [-0.1, -0.05) is 48.5 Å². The van der Waals surface area contributed by atoms with Crippen LogP contribution in [0.25, 0.3) is 11.1 Å². The van der Waals surface area contributed by atoms with Crippen LogP contribution in [0.3, 0.4) is 0 Å². The summed E-state index contributed by atoms with van der Waals surface area (Å²) in [4.78, 5) is 4.48. The second-order valence-electron chi connectivity index (χ2n) is 4.62. The molecule has 2 aromatic carbocycles. The lowest BCUT2D eigenvalue weighted by Crippen LogP contribution is -2.01. The molecule has 0 radical (unpaired) electrons. The summed E-state index contributed by atoms with van der Waals surface area (Å²) in [5.41, 5.74) is 4.69. The summed E-state index contributed by atoms with van der Waals surface area (Å²) in [6.45, 7) is 2.79. The van der Waals surface area contributed by atoms with Crippen molar-refractivity contribution in [1.29, 1.82) is 0 Å². The standard InChI is InChI=1S/C17H16N2S/c1-13-19-15(12-20-13)11-18-17-10-6-5-9-16(17)14-7-3-2-4-8-14/h2-10,12,18H,11H2,1H3. The lowest BCUT2D eigenvalue weighted by Gasteiger charge is -2.11. The van der Waals surface area contributed by atoms with Crippen molar-refractivity contribution in [2.75, 3.05) is 5.32 Å². The number of nitrogens with one attached hydrogen (secondary N) is 1. The fraction of sp³-hybridized carbons (Fsp3) is 0.118. The maximum atomic E-state index is 4.48. The van der Waals surface area contributed by atoms with E-state index in [1.165, 1.54) is 11.1 Å². The first-order chi connectivity index (χ1) is 9.83. The van der Waals surface area contributed by atoms with E-state index in [0.29, 0.717) is 0 Å². The Balaban J connectivity index is 1.83. The molecule has 2 nitrogen and oxygen atoms in total. The third-order valence-corrected chi connectivity index (χ3v) is 3.96. The van der Waals surface area contributed by atoms with Gasteiger partial charge in [0.15, 0.2) is 0 Å². The fourth-order valence-corrected chi connectivity index (χ4v) is 2.79. The Kier molecular flexibility index (Phi) is 3.79. The highest BCUT2D eigenvalue weighted by Crippen LogP contribution is 2.27. The first-order valence-electron chi connectivity index (χ1n) is 6.62. The number of aryl methyl sites for hydroxylation is 1. The van der Waals surface area contributed by atoms with Gasteiger partial charge < -0.3 is 5.32 Å². The Labute approximate surface area is 123 Å². The number of thiazole rings is 1. The fourth-order valence-electron chi connectivity index (χ4n) is 2.18. The van der Waals surface area contributed by atoms with E-state index in [0.717, 1.165) is 22.9 Å². The van der Waals surface area contributed by atoms with Crippen LogP contribution in [0.4, 0.5) is 5.69 Å². The number of benzene rings is 2. The molecule has 20 heavy (non-hydrogen) atoms. The topological polar surface area (TPSA) is 24.9 Å². The Hall–Kier alpha value is -2.13. The SMILES string of the molecule is Cc1nc(CNc2ccccc2-c2ccccc2)cs1. The molecule has 0 unspecified atom stereocenters. The molecule has 0 aliphatic rings. The van der Waals surface area contributed by atoms with Crippen molar-refractivity contribution in [3.63, 3.8) is 0 Å². The number of para-hydroxylation sites is 1. The van der Waals surface area contributed by atoms with E-state index in [1.807, 2.05) is 13.0 Å². The maximum Gasteiger partial charge on any atom is 0.0898 e. The second kappa shape index (κ2) is 5.88. The van der Waals surface area contributed by atoms with Crippen molar-refractivity contribution in [3.8, 4) is 11.1 Å². The van der Waals surface area contributed by atoms with Gasteiger partial charge in [-0.3, -0.25) is 0 Å². The summed E-state index contributed by atoms with van der Waals surface area (Å²) < 4.78 is 0. The first-order valence-corrected chi connectivity index (χ1v) is 7.50. The van der Waals surface area contributed by atoms with Crippen LogP contribution in [-0.2, 0) is 6.54 Å². The summed E-state index contributed by atoms with van der Waals surface area (Å²) in [6, 6.07) is 18.8. The summed E-state index contributed by atoms with van der Waals surface area (Å²) >= 11 is 1.69. The number of anilines is 1. The van der Waals surface area contributed by atoms with E-state index < -0.39 is 0 Å². The first kappa shape index (κ1) is 12.9. The highest BCUT2D eigenvalue weighted by molar-refractivity contribution is 7.09.